The predicted molar refractivity (Wildman–Crippen MR) is 75.5 cm³/mol. The highest BCUT2D eigenvalue weighted by molar-refractivity contribution is 7.11. The molecule has 106 valence electrons. The van der Waals surface area contributed by atoms with Crippen molar-refractivity contribution in [3.63, 3.8) is 0 Å². The molecule has 1 aliphatic heterocycles. The lowest BCUT2D eigenvalue weighted by Gasteiger charge is -2.20. The van der Waals surface area contributed by atoms with Gasteiger partial charge in [-0.15, -0.1) is 11.3 Å². The Kier molecular flexibility index (Phi) is 3.07. The van der Waals surface area contributed by atoms with Gasteiger partial charge in [0.25, 0.3) is 0 Å². The van der Waals surface area contributed by atoms with Crippen molar-refractivity contribution in [3.8, 4) is 0 Å². The van der Waals surface area contributed by atoms with Gasteiger partial charge in [-0.25, -0.2) is 4.98 Å². The first-order valence-electron chi connectivity index (χ1n) is 7.28. The third kappa shape index (κ3) is 2.38. The molecule has 2 aromatic rings. The van der Waals surface area contributed by atoms with Crippen LogP contribution in [0.4, 0.5) is 0 Å². The van der Waals surface area contributed by atoms with Gasteiger partial charge in [-0.05, 0) is 39.2 Å². The molecule has 20 heavy (non-hydrogen) atoms. The molecule has 4 rings (SSSR count). The average Bonchev–Trinajstić information content (AvgIpc) is 2.87. The standard InChI is InChI=1S/C14H18N4OS/c1-9-15-7-11(20-9)8-18-6-2-3-12(18)13-16-14(19-17-13)10-4-5-10/h7,10,12H,2-6,8H2,1H3/t12-/m1/s1. The van der Waals surface area contributed by atoms with Crippen molar-refractivity contribution in [2.75, 3.05) is 6.54 Å². The third-order valence-electron chi connectivity index (χ3n) is 4.07. The highest BCUT2D eigenvalue weighted by atomic mass is 32.1. The number of hydrogen-bond acceptors (Lipinski definition) is 6. The first-order chi connectivity index (χ1) is 9.79. The molecule has 0 bridgehead atoms. The van der Waals surface area contributed by atoms with E-state index >= 15 is 0 Å². The quantitative estimate of drug-likeness (QED) is 0.866. The van der Waals surface area contributed by atoms with E-state index < -0.39 is 0 Å². The Balaban J connectivity index is 1.50. The minimum atomic E-state index is 0.314. The highest BCUT2D eigenvalue weighted by Gasteiger charge is 2.34. The summed E-state index contributed by atoms with van der Waals surface area (Å²) in [7, 11) is 0. The third-order valence-corrected chi connectivity index (χ3v) is 4.97. The van der Waals surface area contributed by atoms with Gasteiger partial charge in [0.15, 0.2) is 5.82 Å². The Morgan fingerprint density at radius 1 is 1.40 bits per heavy atom. The fourth-order valence-corrected chi connectivity index (χ4v) is 3.69. The molecular formula is C14H18N4OS. The number of hydrogen-bond donors (Lipinski definition) is 0. The molecule has 1 saturated carbocycles. The lowest BCUT2D eigenvalue weighted by molar-refractivity contribution is 0.236. The molecule has 0 radical (unpaired) electrons. The van der Waals surface area contributed by atoms with E-state index in [0.717, 1.165) is 36.2 Å². The van der Waals surface area contributed by atoms with E-state index in [1.807, 2.05) is 6.20 Å². The summed E-state index contributed by atoms with van der Waals surface area (Å²) in [5.41, 5.74) is 0. The van der Waals surface area contributed by atoms with Crippen LogP contribution in [-0.2, 0) is 6.54 Å². The summed E-state index contributed by atoms with van der Waals surface area (Å²) in [5.74, 6) is 2.27. The van der Waals surface area contributed by atoms with Crippen LogP contribution in [0, 0.1) is 6.92 Å². The summed E-state index contributed by atoms with van der Waals surface area (Å²) in [6.07, 6.45) is 6.73. The summed E-state index contributed by atoms with van der Waals surface area (Å²) in [6, 6.07) is 0.314. The summed E-state index contributed by atoms with van der Waals surface area (Å²) >= 11 is 1.77. The van der Waals surface area contributed by atoms with Gasteiger partial charge in [0.05, 0.1) is 11.0 Å². The molecule has 3 heterocycles. The van der Waals surface area contributed by atoms with Crippen molar-refractivity contribution in [2.45, 2.75) is 51.1 Å². The van der Waals surface area contributed by atoms with Gasteiger partial charge in [0.1, 0.15) is 0 Å². The zero-order valence-electron chi connectivity index (χ0n) is 11.6. The Bertz CT molecular complexity index is 604. The molecule has 5 nitrogen and oxygen atoms in total. The summed E-state index contributed by atoms with van der Waals surface area (Å²) in [5, 5.41) is 5.35. The number of rotatable bonds is 4. The van der Waals surface area contributed by atoms with E-state index in [1.54, 1.807) is 11.3 Å². The molecule has 0 amide bonds. The zero-order chi connectivity index (χ0) is 13.5. The van der Waals surface area contributed by atoms with Gasteiger partial charge in [-0.2, -0.15) is 4.98 Å². The second kappa shape index (κ2) is 4.93. The normalized spacial score (nSPS) is 23.6. The Hall–Kier alpha value is -1.27. The van der Waals surface area contributed by atoms with Crippen LogP contribution in [0.1, 0.15) is 59.2 Å². The van der Waals surface area contributed by atoms with Crippen LogP contribution in [0.25, 0.3) is 0 Å². The van der Waals surface area contributed by atoms with Gasteiger partial charge in [-0.3, -0.25) is 4.90 Å². The number of likely N-dealkylation sites (tertiary alicyclic amines) is 1. The maximum Gasteiger partial charge on any atom is 0.229 e. The van der Waals surface area contributed by atoms with Gasteiger partial charge in [0.2, 0.25) is 5.89 Å². The average molecular weight is 290 g/mol. The first kappa shape index (κ1) is 12.5. The van der Waals surface area contributed by atoms with Crippen molar-refractivity contribution in [3.05, 3.63) is 27.8 Å². The van der Waals surface area contributed by atoms with Crippen LogP contribution in [0.15, 0.2) is 10.7 Å². The molecule has 0 N–H and O–H groups in total. The molecule has 2 aromatic heterocycles. The van der Waals surface area contributed by atoms with Crippen molar-refractivity contribution in [2.24, 2.45) is 0 Å². The largest absolute Gasteiger partial charge is 0.339 e. The molecular weight excluding hydrogens is 272 g/mol. The monoisotopic (exact) mass is 290 g/mol. The Morgan fingerprint density at radius 2 is 2.30 bits per heavy atom. The smallest absolute Gasteiger partial charge is 0.229 e. The zero-order valence-corrected chi connectivity index (χ0v) is 12.4. The highest BCUT2D eigenvalue weighted by Crippen LogP contribution is 2.40. The fraction of sp³-hybridized carbons (Fsp3) is 0.643. The topological polar surface area (TPSA) is 55.1 Å². The van der Waals surface area contributed by atoms with Crippen molar-refractivity contribution < 1.29 is 4.52 Å². The van der Waals surface area contributed by atoms with E-state index in [9.17, 15) is 0 Å². The second-order valence-electron chi connectivity index (χ2n) is 5.74. The van der Waals surface area contributed by atoms with Crippen LogP contribution in [0.5, 0.6) is 0 Å². The Labute approximate surface area is 122 Å². The molecule has 1 saturated heterocycles. The first-order valence-corrected chi connectivity index (χ1v) is 8.10. The molecule has 0 spiro atoms. The lowest BCUT2D eigenvalue weighted by atomic mass is 10.2. The second-order valence-corrected chi connectivity index (χ2v) is 7.06. The molecule has 1 aliphatic carbocycles. The van der Waals surface area contributed by atoms with Gasteiger partial charge in [-0.1, -0.05) is 5.16 Å². The molecule has 2 fully saturated rings. The van der Waals surface area contributed by atoms with Gasteiger partial charge in [0, 0.05) is 23.5 Å². The summed E-state index contributed by atoms with van der Waals surface area (Å²) < 4.78 is 5.41. The van der Waals surface area contributed by atoms with E-state index in [0.29, 0.717) is 12.0 Å². The van der Waals surface area contributed by atoms with Crippen LogP contribution < -0.4 is 0 Å². The SMILES string of the molecule is Cc1ncc(CN2CCC[C@@H]2c2noc(C3CC3)n2)s1. The minimum absolute atomic E-state index is 0.314. The molecule has 0 unspecified atom stereocenters. The maximum absolute atomic E-state index is 5.41. The molecule has 1 atom stereocenters. The van der Waals surface area contributed by atoms with Crippen LogP contribution in [-0.4, -0.2) is 26.6 Å². The van der Waals surface area contributed by atoms with E-state index in [-0.39, 0.29) is 0 Å². The van der Waals surface area contributed by atoms with Gasteiger partial charge >= 0.3 is 0 Å². The van der Waals surface area contributed by atoms with Crippen molar-refractivity contribution >= 4 is 11.3 Å². The summed E-state index contributed by atoms with van der Waals surface area (Å²) in [4.78, 5) is 12.7. The van der Waals surface area contributed by atoms with Crippen molar-refractivity contribution in [1.29, 1.82) is 0 Å². The maximum atomic E-state index is 5.41. The number of nitrogens with zero attached hydrogens (tertiary/aromatic N) is 4. The van der Waals surface area contributed by atoms with E-state index in [2.05, 4.69) is 26.9 Å². The fourth-order valence-electron chi connectivity index (χ4n) is 2.87. The lowest BCUT2D eigenvalue weighted by Crippen LogP contribution is -2.23. The number of aromatic nitrogens is 3. The molecule has 2 aliphatic rings. The van der Waals surface area contributed by atoms with E-state index in [4.69, 9.17) is 4.52 Å². The van der Waals surface area contributed by atoms with Crippen LogP contribution in [0.2, 0.25) is 0 Å². The van der Waals surface area contributed by atoms with E-state index in [1.165, 1.54) is 24.1 Å². The number of thiazole rings is 1. The van der Waals surface area contributed by atoms with Crippen molar-refractivity contribution in [1.82, 2.24) is 20.0 Å². The van der Waals surface area contributed by atoms with Crippen LogP contribution in [0.3, 0.4) is 0 Å². The predicted octanol–water partition coefficient (Wildman–Crippen LogP) is 3.05. The van der Waals surface area contributed by atoms with Crippen LogP contribution >= 0.6 is 11.3 Å². The summed E-state index contributed by atoms with van der Waals surface area (Å²) in [6.45, 7) is 4.11. The number of aryl methyl sites for hydroxylation is 1. The Morgan fingerprint density at radius 3 is 3.05 bits per heavy atom. The minimum Gasteiger partial charge on any atom is -0.339 e. The molecule has 0 aromatic carbocycles. The molecule has 6 heteroatoms. The van der Waals surface area contributed by atoms with Gasteiger partial charge < -0.3 is 4.52 Å².